The molecule has 4 aliphatic carbocycles. The molecule has 40 heavy (non-hydrogen) atoms. The molecule has 1 unspecified atom stereocenters. The van der Waals surface area contributed by atoms with Crippen molar-refractivity contribution in [2.24, 2.45) is 23.2 Å². The summed E-state index contributed by atoms with van der Waals surface area (Å²) in [5, 5.41) is 19.4. The number of amides is 1. The molecule has 4 aliphatic rings. The van der Waals surface area contributed by atoms with Gasteiger partial charge in [0.1, 0.15) is 23.1 Å². The molecule has 0 saturated heterocycles. The minimum Gasteiger partial charge on any atom is -0.444 e. The fourth-order valence-electron chi connectivity index (χ4n) is 7.11. The first-order valence-electron chi connectivity index (χ1n) is 13.7. The number of nitrogens with one attached hydrogen (secondary N) is 3. The summed E-state index contributed by atoms with van der Waals surface area (Å²) in [5.41, 5.74) is 0.404. The minimum atomic E-state index is -3.48. The summed E-state index contributed by atoms with van der Waals surface area (Å²) in [6.45, 7) is 6.47. The molecule has 3 N–H and O–H groups in total. The first-order valence-corrected chi connectivity index (χ1v) is 15.6. The zero-order chi connectivity index (χ0) is 28.7. The highest BCUT2D eigenvalue weighted by Crippen LogP contribution is 2.60. The molecule has 2 heterocycles. The van der Waals surface area contributed by atoms with Gasteiger partial charge in [0.25, 0.3) is 0 Å². The van der Waals surface area contributed by atoms with E-state index < -0.39 is 15.4 Å². The molecular formula is C28H37N7O4S. The van der Waals surface area contributed by atoms with Crippen molar-refractivity contribution in [2.75, 3.05) is 23.4 Å². The van der Waals surface area contributed by atoms with Crippen LogP contribution >= 0.6 is 0 Å². The van der Waals surface area contributed by atoms with E-state index in [4.69, 9.17) is 4.74 Å². The number of hydrogen-bond donors (Lipinski definition) is 3. The smallest absolute Gasteiger partial charge is 0.407 e. The van der Waals surface area contributed by atoms with E-state index in [0.717, 1.165) is 38.4 Å². The lowest BCUT2D eigenvalue weighted by atomic mass is 9.48. The summed E-state index contributed by atoms with van der Waals surface area (Å²) in [6.07, 6.45) is 9.06. The largest absolute Gasteiger partial charge is 0.444 e. The zero-order valence-electron chi connectivity index (χ0n) is 23.4. The van der Waals surface area contributed by atoms with Crippen LogP contribution in [0.1, 0.15) is 64.0 Å². The Morgan fingerprint density at radius 2 is 1.90 bits per heavy atom. The molecule has 2 aromatic heterocycles. The molecule has 0 radical (unpaired) electrons. The van der Waals surface area contributed by atoms with Crippen molar-refractivity contribution in [3.8, 4) is 6.07 Å². The number of sulfone groups is 1. The van der Waals surface area contributed by atoms with Crippen LogP contribution in [0.4, 0.5) is 16.6 Å². The van der Waals surface area contributed by atoms with Crippen LogP contribution in [0.15, 0.2) is 29.6 Å². The van der Waals surface area contributed by atoms with Gasteiger partial charge in [-0.2, -0.15) is 10.2 Å². The van der Waals surface area contributed by atoms with Gasteiger partial charge in [0, 0.05) is 37.1 Å². The average Bonchev–Trinajstić information content (AvgIpc) is 2.86. The van der Waals surface area contributed by atoms with Gasteiger partial charge in [-0.1, -0.05) is 6.07 Å². The number of carbonyl (C=O) groups is 1. The van der Waals surface area contributed by atoms with Crippen LogP contribution in [0.5, 0.6) is 0 Å². The predicted octanol–water partition coefficient (Wildman–Crippen LogP) is 3.89. The Bertz CT molecular complexity index is 1420. The standard InChI is InChI=1S/C28H37N7O4S/c1-27(2,3)39-26(36)34-22-19-8-17-9-20(22)12-28(10-17,11-19)16-33-23-21(13-29)15-32-25(35-23)31-14-18-6-5-7-30-24(18)40(4,37)38/h5-7,15,17,19-20,22H,8-12,14,16H2,1-4H3,(H,34,36)(H2,31,32,33,35)/t17?,19-,20+,22-,28-. The van der Waals surface area contributed by atoms with Crippen LogP contribution in [0.2, 0.25) is 0 Å². The van der Waals surface area contributed by atoms with Crippen LogP contribution < -0.4 is 16.0 Å². The molecule has 5 atom stereocenters. The normalized spacial score (nSPS) is 27.1. The van der Waals surface area contributed by atoms with Crippen LogP contribution in [-0.4, -0.2) is 53.9 Å². The number of anilines is 2. The van der Waals surface area contributed by atoms with Crippen molar-refractivity contribution in [1.82, 2.24) is 20.3 Å². The highest BCUT2D eigenvalue weighted by atomic mass is 32.2. The monoisotopic (exact) mass is 567 g/mol. The third-order valence-electron chi connectivity index (χ3n) is 8.26. The van der Waals surface area contributed by atoms with Crippen LogP contribution in [0.25, 0.3) is 0 Å². The molecule has 4 bridgehead atoms. The Labute approximate surface area is 235 Å². The number of ether oxygens (including phenoxy) is 1. The lowest BCUT2D eigenvalue weighted by molar-refractivity contribution is -0.0703. The quantitative estimate of drug-likeness (QED) is 0.427. The summed E-state index contributed by atoms with van der Waals surface area (Å²) in [7, 11) is -3.48. The van der Waals surface area contributed by atoms with Crippen molar-refractivity contribution in [1.29, 1.82) is 5.26 Å². The number of aromatic nitrogens is 3. The topological polar surface area (TPSA) is 159 Å². The molecule has 4 fully saturated rings. The van der Waals surface area contributed by atoms with Crippen molar-refractivity contribution in [3.63, 3.8) is 0 Å². The number of alkyl carbamates (subject to hydrolysis) is 1. The summed E-state index contributed by atoms with van der Waals surface area (Å²) >= 11 is 0. The molecule has 0 spiro atoms. The number of nitriles is 1. The number of nitrogens with zero attached hydrogens (tertiary/aromatic N) is 4. The Balaban J connectivity index is 1.26. The van der Waals surface area contributed by atoms with E-state index in [0.29, 0.717) is 41.2 Å². The van der Waals surface area contributed by atoms with Gasteiger partial charge in [0.2, 0.25) is 5.95 Å². The maximum Gasteiger partial charge on any atom is 0.407 e. The van der Waals surface area contributed by atoms with Gasteiger partial charge < -0.3 is 20.7 Å². The first kappa shape index (κ1) is 28.1. The van der Waals surface area contributed by atoms with E-state index in [2.05, 4.69) is 37.0 Å². The second kappa shape index (κ2) is 10.5. The fourth-order valence-corrected chi connectivity index (χ4v) is 7.98. The van der Waals surface area contributed by atoms with Gasteiger partial charge in [-0.25, -0.2) is 23.2 Å². The molecule has 2 aromatic rings. The van der Waals surface area contributed by atoms with Crippen molar-refractivity contribution in [2.45, 2.75) is 76.1 Å². The molecular weight excluding hydrogens is 530 g/mol. The fraction of sp³-hybridized carbons (Fsp3) is 0.607. The lowest BCUT2D eigenvalue weighted by Crippen LogP contribution is -2.60. The molecule has 6 rings (SSSR count). The Morgan fingerprint density at radius 3 is 2.55 bits per heavy atom. The third-order valence-corrected chi connectivity index (χ3v) is 9.33. The number of hydrogen-bond acceptors (Lipinski definition) is 10. The summed E-state index contributed by atoms with van der Waals surface area (Å²) < 4.78 is 29.7. The second-order valence-corrected chi connectivity index (χ2v) is 14.6. The van der Waals surface area contributed by atoms with Gasteiger partial charge in [-0.3, -0.25) is 0 Å². The maximum absolute atomic E-state index is 12.5. The van der Waals surface area contributed by atoms with E-state index in [1.54, 1.807) is 12.1 Å². The Morgan fingerprint density at radius 1 is 1.18 bits per heavy atom. The molecule has 214 valence electrons. The van der Waals surface area contributed by atoms with Crippen LogP contribution in [-0.2, 0) is 21.1 Å². The van der Waals surface area contributed by atoms with Crippen LogP contribution in [0.3, 0.4) is 0 Å². The zero-order valence-corrected chi connectivity index (χ0v) is 24.2. The van der Waals surface area contributed by atoms with Gasteiger partial charge in [0.15, 0.2) is 14.9 Å². The molecule has 4 saturated carbocycles. The van der Waals surface area contributed by atoms with Crippen molar-refractivity contribution < 1.29 is 17.9 Å². The molecule has 0 aliphatic heterocycles. The number of carbonyl (C=O) groups excluding carboxylic acids is 1. The molecule has 1 amide bonds. The first-order chi connectivity index (χ1) is 18.8. The number of rotatable bonds is 8. The average molecular weight is 568 g/mol. The maximum atomic E-state index is 12.5. The van der Waals surface area contributed by atoms with E-state index in [9.17, 15) is 18.5 Å². The molecule has 0 aromatic carbocycles. The summed E-state index contributed by atoms with van der Waals surface area (Å²) in [4.78, 5) is 25.3. The molecule has 11 nitrogen and oxygen atoms in total. The highest BCUT2D eigenvalue weighted by Gasteiger charge is 2.55. The van der Waals surface area contributed by atoms with Gasteiger partial charge in [0.05, 0.1) is 6.20 Å². The van der Waals surface area contributed by atoms with E-state index in [1.807, 2.05) is 20.8 Å². The summed E-state index contributed by atoms with van der Waals surface area (Å²) in [6, 6.07) is 5.67. The van der Waals surface area contributed by atoms with E-state index in [1.165, 1.54) is 12.4 Å². The van der Waals surface area contributed by atoms with E-state index in [-0.39, 0.29) is 35.1 Å². The minimum absolute atomic E-state index is 0.00997. The number of pyridine rings is 1. The highest BCUT2D eigenvalue weighted by molar-refractivity contribution is 7.90. The van der Waals surface area contributed by atoms with Crippen molar-refractivity contribution >= 4 is 27.7 Å². The second-order valence-electron chi connectivity index (χ2n) is 12.7. The molecule has 12 heteroatoms. The Kier molecular flexibility index (Phi) is 7.37. The SMILES string of the molecule is CC(C)(C)OC(=O)N[C@@H]1[C@@H]2CC3C[C@H]1C[C@@](CNc1nc(NCc4cccnc4S(C)(=O)=O)ncc1C#N)(C3)C2. The van der Waals surface area contributed by atoms with Gasteiger partial charge >= 0.3 is 6.09 Å². The van der Waals surface area contributed by atoms with Gasteiger partial charge in [-0.05, 0) is 82.1 Å². The van der Waals surface area contributed by atoms with Gasteiger partial charge in [-0.15, -0.1) is 0 Å². The van der Waals surface area contributed by atoms with Crippen LogP contribution in [0, 0.1) is 34.5 Å². The van der Waals surface area contributed by atoms with Crippen molar-refractivity contribution in [3.05, 3.63) is 35.7 Å². The third kappa shape index (κ3) is 6.14. The lowest BCUT2D eigenvalue weighted by Gasteiger charge is -2.60. The predicted molar refractivity (Wildman–Crippen MR) is 149 cm³/mol. The van der Waals surface area contributed by atoms with E-state index >= 15 is 0 Å². The Hall–Kier alpha value is -3.46. The summed E-state index contributed by atoms with van der Waals surface area (Å²) in [5.74, 6) is 2.19.